The van der Waals surface area contributed by atoms with Crippen LogP contribution in [-0.2, 0) is 0 Å². The van der Waals surface area contributed by atoms with Crippen LogP contribution in [0.4, 0.5) is 0 Å². The Hall–Kier alpha value is -2.69. The first kappa shape index (κ1) is 16.7. The third kappa shape index (κ3) is 4.39. The molecule has 2 N–H and O–H groups in total. The van der Waals surface area contributed by atoms with Crippen molar-refractivity contribution in [3.05, 3.63) is 65.5 Å². The van der Waals surface area contributed by atoms with Crippen molar-refractivity contribution in [3.63, 3.8) is 0 Å². The smallest absolute Gasteiger partial charge is 0.354 e. The van der Waals surface area contributed by atoms with E-state index in [-0.39, 0.29) is 17.5 Å². The Balaban J connectivity index is 2.08. The summed E-state index contributed by atoms with van der Waals surface area (Å²) in [6.07, 6.45) is 1.33. The lowest BCUT2D eigenvalue weighted by Gasteiger charge is -2.22. The quantitative estimate of drug-likeness (QED) is 0.859. The monoisotopic (exact) mass is 312 g/mol. The van der Waals surface area contributed by atoms with Gasteiger partial charge >= 0.3 is 5.97 Å². The largest absolute Gasteiger partial charge is 0.477 e. The van der Waals surface area contributed by atoms with E-state index in [1.165, 1.54) is 23.9 Å². The number of hydrogen-bond donors (Lipinski definition) is 2. The molecular formula is C18H20N2O3. The number of rotatable bonds is 6. The fourth-order valence-electron chi connectivity index (χ4n) is 2.43. The van der Waals surface area contributed by atoms with Crippen LogP contribution in [0.2, 0.25) is 0 Å². The SMILES string of the molecule is CC(C)C(CNC(=O)c1ccnc(C(=O)O)c1)c1ccccc1. The van der Waals surface area contributed by atoms with E-state index in [1.807, 2.05) is 30.3 Å². The van der Waals surface area contributed by atoms with Crippen molar-refractivity contribution in [3.8, 4) is 0 Å². The fourth-order valence-corrected chi connectivity index (χ4v) is 2.43. The zero-order chi connectivity index (χ0) is 16.8. The van der Waals surface area contributed by atoms with Gasteiger partial charge in [-0.3, -0.25) is 4.79 Å². The van der Waals surface area contributed by atoms with E-state index in [9.17, 15) is 9.59 Å². The van der Waals surface area contributed by atoms with Crippen LogP contribution in [-0.4, -0.2) is 28.5 Å². The van der Waals surface area contributed by atoms with Crippen molar-refractivity contribution in [1.82, 2.24) is 10.3 Å². The minimum absolute atomic E-state index is 0.138. The number of carbonyl (C=O) groups excluding carboxylic acids is 1. The molecule has 2 aromatic rings. The number of carboxylic acid groups (broad SMARTS) is 1. The summed E-state index contributed by atoms with van der Waals surface area (Å²) < 4.78 is 0. The Bertz CT molecular complexity index is 684. The molecule has 0 radical (unpaired) electrons. The highest BCUT2D eigenvalue weighted by Gasteiger charge is 2.17. The van der Waals surface area contributed by atoms with Gasteiger partial charge < -0.3 is 10.4 Å². The summed E-state index contributed by atoms with van der Waals surface area (Å²) in [4.78, 5) is 26.9. The molecule has 1 heterocycles. The first-order chi connectivity index (χ1) is 11.0. The van der Waals surface area contributed by atoms with E-state index in [0.717, 1.165) is 0 Å². The lowest BCUT2D eigenvalue weighted by atomic mass is 9.88. The molecule has 120 valence electrons. The van der Waals surface area contributed by atoms with Crippen molar-refractivity contribution < 1.29 is 14.7 Å². The van der Waals surface area contributed by atoms with Gasteiger partial charge in [0.1, 0.15) is 5.69 Å². The summed E-state index contributed by atoms with van der Waals surface area (Å²) in [6, 6.07) is 12.8. The summed E-state index contributed by atoms with van der Waals surface area (Å²) in [5.41, 5.74) is 1.33. The Kier molecular flexibility index (Phi) is 5.46. The molecule has 0 bridgehead atoms. The van der Waals surface area contributed by atoms with Crippen LogP contribution in [0.5, 0.6) is 0 Å². The Morgan fingerprint density at radius 1 is 1.17 bits per heavy atom. The van der Waals surface area contributed by atoms with Crippen molar-refractivity contribution >= 4 is 11.9 Å². The minimum Gasteiger partial charge on any atom is -0.477 e. The number of carboxylic acids is 1. The number of aromatic nitrogens is 1. The van der Waals surface area contributed by atoms with Gasteiger partial charge in [0.15, 0.2) is 0 Å². The van der Waals surface area contributed by atoms with Gasteiger partial charge in [-0.05, 0) is 23.6 Å². The van der Waals surface area contributed by atoms with E-state index in [0.29, 0.717) is 18.0 Å². The number of amides is 1. The third-order valence-corrected chi connectivity index (χ3v) is 3.76. The molecule has 0 aliphatic rings. The second-order valence-electron chi connectivity index (χ2n) is 5.71. The molecule has 1 unspecified atom stereocenters. The molecular weight excluding hydrogens is 292 g/mol. The van der Waals surface area contributed by atoms with E-state index in [4.69, 9.17) is 5.11 Å². The van der Waals surface area contributed by atoms with Crippen LogP contribution in [0.1, 0.15) is 46.2 Å². The van der Waals surface area contributed by atoms with Gasteiger partial charge in [0.2, 0.25) is 0 Å². The molecule has 5 heteroatoms. The van der Waals surface area contributed by atoms with Gasteiger partial charge in [-0.25, -0.2) is 9.78 Å². The molecule has 0 aliphatic carbocycles. The van der Waals surface area contributed by atoms with Crippen LogP contribution >= 0.6 is 0 Å². The maximum absolute atomic E-state index is 12.2. The van der Waals surface area contributed by atoms with E-state index in [1.54, 1.807) is 0 Å². The van der Waals surface area contributed by atoms with Gasteiger partial charge in [-0.1, -0.05) is 44.2 Å². The molecule has 0 saturated heterocycles. The predicted octanol–water partition coefficient (Wildman–Crippen LogP) is 2.95. The van der Waals surface area contributed by atoms with E-state index >= 15 is 0 Å². The second-order valence-corrected chi connectivity index (χ2v) is 5.71. The molecule has 1 aromatic carbocycles. The van der Waals surface area contributed by atoms with E-state index < -0.39 is 5.97 Å². The average Bonchev–Trinajstić information content (AvgIpc) is 2.55. The first-order valence-electron chi connectivity index (χ1n) is 7.51. The molecule has 0 spiro atoms. The van der Waals surface area contributed by atoms with Crippen molar-refractivity contribution in [2.45, 2.75) is 19.8 Å². The molecule has 23 heavy (non-hydrogen) atoms. The molecule has 1 amide bonds. The molecule has 2 rings (SSSR count). The van der Waals surface area contributed by atoms with Gasteiger partial charge in [0.05, 0.1) is 0 Å². The lowest BCUT2D eigenvalue weighted by molar-refractivity contribution is 0.0690. The normalized spacial score (nSPS) is 12.0. The summed E-state index contributed by atoms with van der Waals surface area (Å²) in [6.45, 7) is 4.71. The molecule has 1 atom stereocenters. The minimum atomic E-state index is -1.15. The summed E-state index contributed by atoms with van der Waals surface area (Å²) in [5.74, 6) is -0.883. The molecule has 0 aliphatic heterocycles. The summed E-state index contributed by atoms with van der Waals surface area (Å²) in [7, 11) is 0. The van der Waals surface area contributed by atoms with Crippen LogP contribution in [0.15, 0.2) is 48.7 Å². The number of nitrogens with zero attached hydrogens (tertiary/aromatic N) is 1. The zero-order valence-electron chi connectivity index (χ0n) is 13.2. The van der Waals surface area contributed by atoms with Crippen molar-refractivity contribution in [2.24, 2.45) is 5.92 Å². The van der Waals surface area contributed by atoms with Gasteiger partial charge in [0, 0.05) is 24.2 Å². The molecule has 1 aromatic heterocycles. The maximum Gasteiger partial charge on any atom is 0.354 e. The van der Waals surface area contributed by atoms with Gasteiger partial charge in [-0.15, -0.1) is 0 Å². The number of pyridine rings is 1. The van der Waals surface area contributed by atoms with Crippen molar-refractivity contribution in [1.29, 1.82) is 0 Å². The van der Waals surface area contributed by atoms with E-state index in [2.05, 4.69) is 24.1 Å². The summed E-state index contributed by atoms with van der Waals surface area (Å²) >= 11 is 0. The van der Waals surface area contributed by atoms with Crippen LogP contribution in [0, 0.1) is 5.92 Å². The van der Waals surface area contributed by atoms with Crippen LogP contribution in [0.25, 0.3) is 0 Å². The topological polar surface area (TPSA) is 79.3 Å². The highest BCUT2D eigenvalue weighted by Crippen LogP contribution is 2.23. The molecule has 5 nitrogen and oxygen atoms in total. The Morgan fingerprint density at radius 3 is 2.48 bits per heavy atom. The van der Waals surface area contributed by atoms with Crippen LogP contribution < -0.4 is 5.32 Å². The maximum atomic E-state index is 12.2. The predicted molar refractivity (Wildman–Crippen MR) is 87.6 cm³/mol. The Morgan fingerprint density at radius 2 is 1.87 bits per heavy atom. The lowest BCUT2D eigenvalue weighted by Crippen LogP contribution is -2.30. The summed E-state index contributed by atoms with van der Waals surface area (Å²) in [5, 5.41) is 11.8. The zero-order valence-corrected chi connectivity index (χ0v) is 13.2. The Labute approximate surface area is 135 Å². The number of aromatic carboxylic acids is 1. The number of carbonyl (C=O) groups is 2. The number of hydrogen-bond acceptors (Lipinski definition) is 3. The number of benzene rings is 1. The standard InChI is InChI=1S/C18H20N2O3/c1-12(2)15(13-6-4-3-5-7-13)11-20-17(21)14-8-9-19-16(10-14)18(22)23/h3-10,12,15H,11H2,1-2H3,(H,20,21)(H,22,23). The highest BCUT2D eigenvalue weighted by molar-refractivity contribution is 5.96. The van der Waals surface area contributed by atoms with Gasteiger partial charge in [0.25, 0.3) is 5.91 Å². The first-order valence-corrected chi connectivity index (χ1v) is 7.51. The van der Waals surface area contributed by atoms with Crippen molar-refractivity contribution in [2.75, 3.05) is 6.54 Å². The second kappa shape index (κ2) is 7.54. The fraction of sp³-hybridized carbons (Fsp3) is 0.278. The molecule has 0 fully saturated rings. The highest BCUT2D eigenvalue weighted by atomic mass is 16.4. The molecule has 0 saturated carbocycles. The van der Waals surface area contributed by atoms with Crippen LogP contribution in [0.3, 0.4) is 0 Å². The van der Waals surface area contributed by atoms with Gasteiger partial charge in [-0.2, -0.15) is 0 Å². The average molecular weight is 312 g/mol. The third-order valence-electron chi connectivity index (χ3n) is 3.76. The number of nitrogens with one attached hydrogen (secondary N) is 1.